The molecule has 0 spiro atoms. The van der Waals surface area contributed by atoms with Crippen LogP contribution < -0.4 is 4.74 Å². The summed E-state index contributed by atoms with van der Waals surface area (Å²) < 4.78 is 16.0. The number of aromatic hydroxyl groups is 3. The van der Waals surface area contributed by atoms with E-state index in [4.69, 9.17) is 14.2 Å². The van der Waals surface area contributed by atoms with Crippen LogP contribution in [0.1, 0.15) is 5.56 Å². The second kappa shape index (κ2) is 9.67. The molecule has 0 saturated carbocycles. The lowest BCUT2D eigenvalue weighted by Gasteiger charge is -2.41. The third-order valence-electron chi connectivity index (χ3n) is 4.57. The van der Waals surface area contributed by atoms with Gasteiger partial charge in [0, 0.05) is 6.08 Å². The molecule has 2 aromatic rings. The van der Waals surface area contributed by atoms with Gasteiger partial charge in [0.1, 0.15) is 29.8 Å². The number of esters is 1. The number of phenols is 3. The van der Waals surface area contributed by atoms with Crippen molar-refractivity contribution in [3.63, 3.8) is 0 Å². The first-order chi connectivity index (χ1) is 14.8. The number of aliphatic hydroxyl groups excluding tert-OH is 3. The van der Waals surface area contributed by atoms with Crippen LogP contribution >= 0.6 is 0 Å². The summed E-state index contributed by atoms with van der Waals surface area (Å²) in [6, 6.07) is 9.47. The van der Waals surface area contributed by atoms with E-state index in [0.29, 0.717) is 5.56 Å². The summed E-state index contributed by atoms with van der Waals surface area (Å²) in [5.41, 5.74) is 0.397. The Labute approximate surface area is 176 Å². The summed E-state index contributed by atoms with van der Waals surface area (Å²) in [4.78, 5) is 12.1. The number of phenolic OH excluding ortho intramolecular Hbond substituents is 3. The molecule has 2 aromatic carbocycles. The van der Waals surface area contributed by atoms with E-state index in [-0.39, 0.29) is 23.0 Å². The molecule has 1 aliphatic rings. The van der Waals surface area contributed by atoms with Gasteiger partial charge in [-0.05, 0) is 48.0 Å². The molecule has 3 rings (SSSR count). The number of hydrogen-bond acceptors (Lipinski definition) is 10. The van der Waals surface area contributed by atoms with Crippen LogP contribution in [-0.4, -0.2) is 73.9 Å². The molecule has 0 unspecified atom stereocenters. The van der Waals surface area contributed by atoms with Crippen molar-refractivity contribution in [3.05, 3.63) is 54.1 Å². The van der Waals surface area contributed by atoms with E-state index < -0.39 is 43.3 Å². The van der Waals surface area contributed by atoms with Crippen molar-refractivity contribution < 1.29 is 49.6 Å². The van der Waals surface area contributed by atoms with Crippen LogP contribution in [0.3, 0.4) is 0 Å². The van der Waals surface area contributed by atoms with Crippen LogP contribution in [0.5, 0.6) is 23.0 Å². The maximum Gasteiger partial charge on any atom is 0.331 e. The SMILES string of the molecule is O=C(/C=C/c1ccc(O)c(O)c1)O[C@H]1[C@H](O)[C@@H](O)[C@H](Oc2ccc(O)cc2)O[C@@H]1CO. The molecule has 0 radical (unpaired) electrons. The van der Waals surface area contributed by atoms with Gasteiger partial charge in [0.05, 0.1) is 6.61 Å². The Morgan fingerprint density at radius 1 is 1.00 bits per heavy atom. The number of rotatable bonds is 6. The Balaban J connectivity index is 1.65. The summed E-state index contributed by atoms with van der Waals surface area (Å²) in [5.74, 6) is -1.33. The Kier molecular flexibility index (Phi) is 6.98. The molecule has 10 nitrogen and oxygen atoms in total. The molecule has 0 amide bonds. The van der Waals surface area contributed by atoms with E-state index in [0.717, 1.165) is 6.08 Å². The zero-order valence-electron chi connectivity index (χ0n) is 16.1. The minimum absolute atomic E-state index is 0.00766. The van der Waals surface area contributed by atoms with Crippen LogP contribution in [0.15, 0.2) is 48.5 Å². The van der Waals surface area contributed by atoms with Crippen LogP contribution in [0, 0.1) is 0 Å². The number of ether oxygens (including phenoxy) is 3. The van der Waals surface area contributed by atoms with E-state index in [9.17, 15) is 35.4 Å². The fourth-order valence-electron chi connectivity index (χ4n) is 2.94. The number of carbonyl (C=O) groups excluding carboxylic acids is 1. The lowest BCUT2D eigenvalue weighted by Crippen LogP contribution is -2.61. The van der Waals surface area contributed by atoms with Gasteiger partial charge in [0.2, 0.25) is 6.29 Å². The standard InChI is InChI=1S/C21H22O10/c22-10-16-20(31-17(26)8-2-11-1-7-14(24)15(25)9-11)18(27)19(28)21(30-16)29-13-5-3-12(23)4-6-13/h1-9,16,18-25,27-28H,10H2/b8-2+/t16-,18-,19-,20-,21-/m1/s1. The molecule has 0 aromatic heterocycles. The number of aliphatic hydroxyl groups is 3. The van der Waals surface area contributed by atoms with Gasteiger partial charge in [-0.1, -0.05) is 6.07 Å². The lowest BCUT2D eigenvalue weighted by atomic mass is 9.99. The predicted molar refractivity (Wildman–Crippen MR) is 105 cm³/mol. The van der Waals surface area contributed by atoms with Gasteiger partial charge in [0.25, 0.3) is 0 Å². The highest BCUT2D eigenvalue weighted by molar-refractivity contribution is 5.87. The summed E-state index contributed by atoms with van der Waals surface area (Å²) in [6.07, 6.45) is -4.84. The normalized spacial score (nSPS) is 26.0. The van der Waals surface area contributed by atoms with Crippen molar-refractivity contribution in [2.24, 2.45) is 0 Å². The Morgan fingerprint density at radius 2 is 1.71 bits per heavy atom. The number of benzene rings is 2. The summed E-state index contributed by atoms with van der Waals surface area (Å²) in [6.45, 7) is -0.632. The third kappa shape index (κ3) is 5.44. The topological polar surface area (TPSA) is 166 Å². The van der Waals surface area contributed by atoms with E-state index >= 15 is 0 Å². The fourth-order valence-corrected chi connectivity index (χ4v) is 2.94. The van der Waals surface area contributed by atoms with Crippen molar-refractivity contribution in [3.8, 4) is 23.0 Å². The van der Waals surface area contributed by atoms with E-state index in [1.165, 1.54) is 48.5 Å². The molecular weight excluding hydrogens is 412 g/mol. The Bertz CT molecular complexity index is 924. The van der Waals surface area contributed by atoms with Gasteiger partial charge in [0.15, 0.2) is 17.6 Å². The molecule has 10 heteroatoms. The molecule has 166 valence electrons. The van der Waals surface area contributed by atoms with E-state index in [2.05, 4.69) is 0 Å². The Morgan fingerprint density at radius 3 is 2.35 bits per heavy atom. The lowest BCUT2D eigenvalue weighted by molar-refractivity contribution is -0.280. The van der Waals surface area contributed by atoms with Crippen LogP contribution in [0.2, 0.25) is 0 Å². The van der Waals surface area contributed by atoms with Crippen LogP contribution in [-0.2, 0) is 14.3 Å². The third-order valence-corrected chi connectivity index (χ3v) is 4.57. The molecule has 1 saturated heterocycles. The van der Waals surface area contributed by atoms with Gasteiger partial charge >= 0.3 is 5.97 Å². The molecule has 1 aliphatic heterocycles. The average molecular weight is 434 g/mol. The van der Waals surface area contributed by atoms with Crippen molar-refractivity contribution in [1.82, 2.24) is 0 Å². The first-order valence-electron chi connectivity index (χ1n) is 9.27. The summed E-state index contributed by atoms with van der Waals surface area (Å²) in [5, 5.41) is 58.4. The van der Waals surface area contributed by atoms with Gasteiger partial charge in [-0.15, -0.1) is 0 Å². The van der Waals surface area contributed by atoms with Crippen molar-refractivity contribution in [2.75, 3.05) is 6.61 Å². The second-order valence-corrected chi connectivity index (χ2v) is 6.80. The quantitative estimate of drug-likeness (QED) is 0.211. The van der Waals surface area contributed by atoms with Gasteiger partial charge < -0.3 is 44.8 Å². The maximum atomic E-state index is 12.1. The highest BCUT2D eigenvalue weighted by Gasteiger charge is 2.47. The fraction of sp³-hybridized carbons (Fsp3) is 0.286. The second-order valence-electron chi connectivity index (χ2n) is 6.80. The maximum absolute atomic E-state index is 12.1. The smallest absolute Gasteiger partial charge is 0.331 e. The molecule has 1 fully saturated rings. The molecule has 5 atom stereocenters. The van der Waals surface area contributed by atoms with Crippen LogP contribution in [0.25, 0.3) is 6.08 Å². The largest absolute Gasteiger partial charge is 0.508 e. The number of hydrogen-bond donors (Lipinski definition) is 6. The minimum atomic E-state index is -1.62. The molecule has 0 aliphatic carbocycles. The first kappa shape index (κ1) is 22.4. The molecule has 6 N–H and O–H groups in total. The molecule has 0 bridgehead atoms. The number of carbonyl (C=O) groups is 1. The van der Waals surface area contributed by atoms with E-state index in [1.54, 1.807) is 0 Å². The van der Waals surface area contributed by atoms with Gasteiger partial charge in [-0.2, -0.15) is 0 Å². The molecule has 31 heavy (non-hydrogen) atoms. The highest BCUT2D eigenvalue weighted by Crippen LogP contribution is 2.28. The zero-order chi connectivity index (χ0) is 22.5. The highest BCUT2D eigenvalue weighted by atomic mass is 16.7. The Hall–Kier alpha value is -3.31. The first-order valence-corrected chi connectivity index (χ1v) is 9.27. The molecular formula is C21H22O10. The summed E-state index contributed by atoms with van der Waals surface area (Å²) >= 11 is 0. The van der Waals surface area contributed by atoms with Crippen molar-refractivity contribution >= 4 is 12.0 Å². The molecule has 1 heterocycles. The summed E-state index contributed by atoms with van der Waals surface area (Å²) in [7, 11) is 0. The van der Waals surface area contributed by atoms with E-state index in [1.807, 2.05) is 0 Å². The monoisotopic (exact) mass is 434 g/mol. The minimum Gasteiger partial charge on any atom is -0.508 e. The van der Waals surface area contributed by atoms with Crippen molar-refractivity contribution in [2.45, 2.75) is 30.7 Å². The van der Waals surface area contributed by atoms with Gasteiger partial charge in [-0.25, -0.2) is 4.79 Å². The van der Waals surface area contributed by atoms with Crippen LogP contribution in [0.4, 0.5) is 0 Å². The zero-order valence-corrected chi connectivity index (χ0v) is 16.1. The average Bonchev–Trinajstić information content (AvgIpc) is 2.75. The van der Waals surface area contributed by atoms with Crippen molar-refractivity contribution in [1.29, 1.82) is 0 Å². The van der Waals surface area contributed by atoms with Gasteiger partial charge in [-0.3, -0.25) is 0 Å². The predicted octanol–water partition coefficient (Wildman–Crippen LogP) is 0.246.